The van der Waals surface area contributed by atoms with Crippen molar-refractivity contribution < 1.29 is 22.3 Å². The lowest BCUT2D eigenvalue weighted by atomic mass is 10.00. The predicted octanol–water partition coefficient (Wildman–Crippen LogP) is 5.19. The lowest BCUT2D eigenvalue weighted by Gasteiger charge is -2.14. The van der Waals surface area contributed by atoms with Crippen LogP contribution in [0.1, 0.15) is 18.2 Å². The van der Waals surface area contributed by atoms with Crippen molar-refractivity contribution in [3.63, 3.8) is 0 Å². The molecule has 3 nitrogen and oxygen atoms in total. The maximum atomic E-state index is 13.5. The van der Waals surface area contributed by atoms with Crippen LogP contribution in [0.15, 0.2) is 51.7 Å². The molecule has 0 N–H and O–H groups in total. The van der Waals surface area contributed by atoms with E-state index in [1.54, 1.807) is 38.1 Å². The number of fused-ring (bicyclic) bond motifs is 1. The molecule has 0 spiro atoms. The van der Waals surface area contributed by atoms with E-state index < -0.39 is 22.9 Å². The number of alkyl halides is 3. The van der Waals surface area contributed by atoms with E-state index >= 15 is 0 Å². The van der Waals surface area contributed by atoms with Gasteiger partial charge < -0.3 is 9.15 Å². The summed E-state index contributed by atoms with van der Waals surface area (Å²) in [4.78, 5) is 12.9. The standard InChI is InChI=1S/C19H15F3O3/c1-3-24-13-9-11(2)15-14(10-13)25-18(19(20,21)22)16(17(15)23)12-7-5-4-6-8-12/h4-10H,3H2,1-2H3. The van der Waals surface area contributed by atoms with Gasteiger partial charge in [0.2, 0.25) is 11.2 Å². The van der Waals surface area contributed by atoms with Crippen LogP contribution in [0.2, 0.25) is 0 Å². The van der Waals surface area contributed by atoms with Gasteiger partial charge in [-0.25, -0.2) is 0 Å². The Labute approximate surface area is 141 Å². The fourth-order valence-corrected chi connectivity index (χ4v) is 2.80. The zero-order chi connectivity index (χ0) is 18.2. The van der Waals surface area contributed by atoms with Gasteiger partial charge in [-0.1, -0.05) is 30.3 Å². The van der Waals surface area contributed by atoms with Crippen LogP contribution in [-0.2, 0) is 6.18 Å². The number of aryl methyl sites for hydroxylation is 1. The molecule has 0 aliphatic rings. The molecule has 1 heterocycles. The highest BCUT2D eigenvalue weighted by Crippen LogP contribution is 2.38. The molecule has 130 valence electrons. The van der Waals surface area contributed by atoms with Crippen molar-refractivity contribution >= 4 is 11.0 Å². The molecule has 0 unspecified atom stereocenters. The Morgan fingerprint density at radius 2 is 1.80 bits per heavy atom. The van der Waals surface area contributed by atoms with Crippen molar-refractivity contribution in [1.82, 2.24) is 0 Å². The van der Waals surface area contributed by atoms with E-state index in [-0.39, 0.29) is 16.5 Å². The van der Waals surface area contributed by atoms with Crippen molar-refractivity contribution in [2.24, 2.45) is 0 Å². The van der Waals surface area contributed by atoms with Gasteiger partial charge in [-0.2, -0.15) is 13.2 Å². The van der Waals surface area contributed by atoms with Crippen LogP contribution in [0.25, 0.3) is 22.1 Å². The fraction of sp³-hybridized carbons (Fsp3) is 0.211. The number of hydrogen-bond acceptors (Lipinski definition) is 3. The van der Waals surface area contributed by atoms with E-state index in [2.05, 4.69) is 0 Å². The summed E-state index contributed by atoms with van der Waals surface area (Å²) in [7, 11) is 0. The van der Waals surface area contributed by atoms with Crippen molar-refractivity contribution in [3.05, 3.63) is 64.0 Å². The predicted molar refractivity (Wildman–Crippen MR) is 88.8 cm³/mol. The maximum Gasteiger partial charge on any atom is 0.450 e. The number of ether oxygens (including phenoxy) is 1. The minimum Gasteiger partial charge on any atom is -0.494 e. The zero-order valence-corrected chi connectivity index (χ0v) is 13.6. The Morgan fingerprint density at radius 3 is 2.40 bits per heavy atom. The van der Waals surface area contributed by atoms with E-state index in [9.17, 15) is 18.0 Å². The van der Waals surface area contributed by atoms with Gasteiger partial charge in [-0.05, 0) is 31.0 Å². The molecule has 1 aromatic heterocycles. The van der Waals surface area contributed by atoms with Gasteiger partial charge in [0.05, 0.1) is 17.6 Å². The Morgan fingerprint density at radius 1 is 1.12 bits per heavy atom. The lowest BCUT2D eigenvalue weighted by molar-refractivity contribution is -0.152. The summed E-state index contributed by atoms with van der Waals surface area (Å²) in [5.74, 6) is -0.944. The molecular weight excluding hydrogens is 333 g/mol. The third kappa shape index (κ3) is 3.12. The number of hydrogen-bond donors (Lipinski definition) is 0. The second-order valence-electron chi connectivity index (χ2n) is 5.55. The summed E-state index contributed by atoms with van der Waals surface area (Å²) in [6.07, 6.45) is -4.80. The average Bonchev–Trinajstić information content (AvgIpc) is 2.54. The molecule has 0 aliphatic carbocycles. The van der Waals surface area contributed by atoms with E-state index in [0.717, 1.165) is 0 Å². The maximum absolute atomic E-state index is 13.5. The van der Waals surface area contributed by atoms with Crippen LogP contribution in [0.4, 0.5) is 13.2 Å². The Kier molecular flexibility index (Phi) is 4.29. The molecule has 0 saturated heterocycles. The summed E-state index contributed by atoms with van der Waals surface area (Å²) in [6.45, 7) is 3.75. The van der Waals surface area contributed by atoms with Crippen molar-refractivity contribution in [2.75, 3.05) is 6.61 Å². The van der Waals surface area contributed by atoms with E-state index in [1.165, 1.54) is 18.2 Å². The molecule has 0 amide bonds. The number of benzene rings is 2. The van der Waals surface area contributed by atoms with Crippen LogP contribution in [-0.4, -0.2) is 6.61 Å². The second-order valence-corrected chi connectivity index (χ2v) is 5.55. The smallest absolute Gasteiger partial charge is 0.450 e. The molecule has 0 fully saturated rings. The molecule has 0 radical (unpaired) electrons. The highest BCUT2D eigenvalue weighted by atomic mass is 19.4. The monoisotopic (exact) mass is 348 g/mol. The minimum absolute atomic E-state index is 0.121. The van der Waals surface area contributed by atoms with Gasteiger partial charge in [-0.3, -0.25) is 4.79 Å². The SMILES string of the molecule is CCOc1cc(C)c2c(=O)c(-c3ccccc3)c(C(F)(F)F)oc2c1. The van der Waals surface area contributed by atoms with Gasteiger partial charge in [-0.15, -0.1) is 0 Å². The van der Waals surface area contributed by atoms with Crippen LogP contribution in [0.3, 0.4) is 0 Å². The van der Waals surface area contributed by atoms with Gasteiger partial charge in [0, 0.05) is 6.07 Å². The third-order valence-electron chi connectivity index (χ3n) is 3.80. The average molecular weight is 348 g/mol. The summed E-state index contributed by atoms with van der Waals surface area (Å²) >= 11 is 0. The largest absolute Gasteiger partial charge is 0.494 e. The molecule has 0 atom stereocenters. The number of halogens is 3. The first kappa shape index (κ1) is 17.1. The number of rotatable bonds is 3. The first-order valence-electron chi connectivity index (χ1n) is 7.69. The highest BCUT2D eigenvalue weighted by Gasteiger charge is 2.39. The summed E-state index contributed by atoms with van der Waals surface area (Å²) in [5, 5.41) is 0.121. The molecule has 0 aliphatic heterocycles. The minimum atomic E-state index is -4.80. The molecule has 3 rings (SSSR count). The Hall–Kier alpha value is -2.76. The van der Waals surface area contributed by atoms with Gasteiger partial charge in [0.1, 0.15) is 11.3 Å². The van der Waals surface area contributed by atoms with Crippen molar-refractivity contribution in [2.45, 2.75) is 20.0 Å². The molecule has 0 bridgehead atoms. The van der Waals surface area contributed by atoms with E-state index in [0.29, 0.717) is 17.9 Å². The molecule has 3 aromatic rings. The first-order valence-corrected chi connectivity index (χ1v) is 7.69. The summed E-state index contributed by atoms with van der Waals surface area (Å²) in [6, 6.07) is 10.7. The van der Waals surface area contributed by atoms with E-state index in [1.807, 2.05) is 0 Å². The van der Waals surface area contributed by atoms with Crippen molar-refractivity contribution in [3.8, 4) is 16.9 Å². The van der Waals surface area contributed by atoms with Crippen LogP contribution >= 0.6 is 0 Å². The quantitative estimate of drug-likeness (QED) is 0.654. The van der Waals surface area contributed by atoms with Crippen molar-refractivity contribution in [1.29, 1.82) is 0 Å². The molecule has 25 heavy (non-hydrogen) atoms. The summed E-state index contributed by atoms with van der Waals surface area (Å²) in [5.41, 5.74) is -0.659. The van der Waals surface area contributed by atoms with Crippen LogP contribution in [0, 0.1) is 6.92 Å². The zero-order valence-electron chi connectivity index (χ0n) is 13.6. The fourth-order valence-electron chi connectivity index (χ4n) is 2.80. The Bertz CT molecular complexity index is 973. The van der Waals surface area contributed by atoms with Gasteiger partial charge in [0.25, 0.3) is 0 Å². The van der Waals surface area contributed by atoms with Crippen LogP contribution in [0.5, 0.6) is 5.75 Å². The summed E-state index contributed by atoms with van der Waals surface area (Å²) < 4.78 is 51.1. The topological polar surface area (TPSA) is 39.4 Å². The van der Waals surface area contributed by atoms with E-state index in [4.69, 9.17) is 9.15 Å². The van der Waals surface area contributed by atoms with Gasteiger partial charge in [0.15, 0.2) is 0 Å². The molecule has 6 heteroatoms. The highest BCUT2D eigenvalue weighted by molar-refractivity contribution is 5.86. The lowest BCUT2D eigenvalue weighted by Crippen LogP contribution is -2.16. The van der Waals surface area contributed by atoms with Gasteiger partial charge >= 0.3 is 6.18 Å². The van der Waals surface area contributed by atoms with Crippen LogP contribution < -0.4 is 10.2 Å². The molecular formula is C19H15F3O3. The third-order valence-corrected chi connectivity index (χ3v) is 3.80. The molecule has 2 aromatic carbocycles. The normalized spacial score (nSPS) is 11.7. The first-order chi connectivity index (χ1) is 11.8. The second kappa shape index (κ2) is 6.27. The Balaban J connectivity index is 2.43. The molecule has 0 saturated carbocycles.